The van der Waals surface area contributed by atoms with E-state index in [-0.39, 0.29) is 5.91 Å². The molecule has 1 aliphatic heterocycles. The molecule has 82 valence electrons. The van der Waals surface area contributed by atoms with Crippen LogP contribution in [0.25, 0.3) is 0 Å². The van der Waals surface area contributed by atoms with Gasteiger partial charge in [0.1, 0.15) is 0 Å². The molecule has 3 N–H and O–H groups in total. The fraction of sp³-hybridized carbons (Fsp3) is 0.889. The number of amides is 1. The monoisotopic (exact) mass is 201 g/mol. The first-order chi connectivity index (χ1) is 6.72. The summed E-state index contributed by atoms with van der Waals surface area (Å²) in [6.45, 7) is 2.94. The third-order valence-electron chi connectivity index (χ3n) is 2.40. The largest absolute Gasteiger partial charge is 0.381 e. The van der Waals surface area contributed by atoms with E-state index >= 15 is 0 Å². The smallest absolute Gasteiger partial charge is 0.248 e. The number of rotatable bonds is 4. The summed E-state index contributed by atoms with van der Waals surface area (Å²) in [5, 5.41) is 0. The summed E-state index contributed by atoms with van der Waals surface area (Å²) in [6.07, 6.45) is 2.32. The summed E-state index contributed by atoms with van der Waals surface area (Å²) >= 11 is 0. The molecule has 0 aromatic rings. The van der Waals surface area contributed by atoms with E-state index in [0.29, 0.717) is 12.5 Å². The number of nitrogens with zero attached hydrogens (tertiary/aromatic N) is 1. The second-order valence-corrected chi connectivity index (χ2v) is 3.85. The highest BCUT2D eigenvalue weighted by Gasteiger charge is 2.16. The number of hydrogen-bond acceptors (Lipinski definition) is 4. The van der Waals surface area contributed by atoms with Gasteiger partial charge in [0.05, 0.1) is 13.2 Å². The van der Waals surface area contributed by atoms with E-state index in [1.54, 1.807) is 0 Å². The average molecular weight is 201 g/mol. The minimum atomic E-state index is -0.149. The third-order valence-corrected chi connectivity index (χ3v) is 2.40. The Morgan fingerprint density at radius 3 is 3.07 bits per heavy atom. The molecule has 0 aromatic heterocycles. The molecule has 0 spiro atoms. The average Bonchev–Trinajstić information content (AvgIpc) is 2.19. The molecule has 1 atom stereocenters. The van der Waals surface area contributed by atoms with Crippen molar-refractivity contribution < 1.29 is 9.53 Å². The molecule has 0 bridgehead atoms. The summed E-state index contributed by atoms with van der Waals surface area (Å²) < 4.78 is 5.36. The molecule has 1 aliphatic rings. The second kappa shape index (κ2) is 5.95. The van der Waals surface area contributed by atoms with Crippen LogP contribution in [0.4, 0.5) is 0 Å². The van der Waals surface area contributed by atoms with Crippen LogP contribution in [-0.4, -0.2) is 44.2 Å². The first kappa shape index (κ1) is 11.4. The highest BCUT2D eigenvalue weighted by molar-refractivity contribution is 5.77. The number of nitrogens with two attached hydrogens (primary N) is 1. The number of hydrogen-bond donors (Lipinski definition) is 2. The Kier molecular flexibility index (Phi) is 4.86. The number of likely N-dealkylation sites (N-methyl/N-ethyl adjacent to an activating group) is 1. The molecule has 5 nitrogen and oxygen atoms in total. The number of hydrazine groups is 1. The summed E-state index contributed by atoms with van der Waals surface area (Å²) in [4.78, 5) is 12.9. The summed E-state index contributed by atoms with van der Waals surface area (Å²) in [6, 6.07) is 0. The van der Waals surface area contributed by atoms with E-state index in [1.807, 2.05) is 11.9 Å². The number of carbonyl (C=O) groups is 1. The van der Waals surface area contributed by atoms with Crippen molar-refractivity contribution in [3.63, 3.8) is 0 Å². The Morgan fingerprint density at radius 1 is 1.71 bits per heavy atom. The lowest BCUT2D eigenvalue weighted by atomic mass is 10.0. The molecule has 1 unspecified atom stereocenters. The summed E-state index contributed by atoms with van der Waals surface area (Å²) in [7, 11) is 1.92. The van der Waals surface area contributed by atoms with Gasteiger partial charge in [0.15, 0.2) is 0 Å². The molecular weight excluding hydrogens is 182 g/mol. The van der Waals surface area contributed by atoms with Crippen LogP contribution < -0.4 is 11.3 Å². The first-order valence-corrected chi connectivity index (χ1v) is 4.98. The Morgan fingerprint density at radius 2 is 2.50 bits per heavy atom. The van der Waals surface area contributed by atoms with E-state index in [2.05, 4.69) is 5.43 Å². The highest BCUT2D eigenvalue weighted by atomic mass is 16.5. The first-order valence-electron chi connectivity index (χ1n) is 4.98. The van der Waals surface area contributed by atoms with Gasteiger partial charge in [-0.15, -0.1) is 0 Å². The quantitative estimate of drug-likeness (QED) is 0.360. The van der Waals surface area contributed by atoms with E-state index in [0.717, 1.165) is 26.2 Å². The van der Waals surface area contributed by atoms with Gasteiger partial charge < -0.3 is 4.74 Å². The molecule has 0 radical (unpaired) electrons. The van der Waals surface area contributed by atoms with Gasteiger partial charge in [0, 0.05) is 13.2 Å². The fourth-order valence-corrected chi connectivity index (χ4v) is 1.75. The van der Waals surface area contributed by atoms with Gasteiger partial charge >= 0.3 is 0 Å². The van der Waals surface area contributed by atoms with Gasteiger partial charge in [-0.25, -0.2) is 5.84 Å². The summed E-state index contributed by atoms with van der Waals surface area (Å²) in [5.74, 6) is 5.41. The topological polar surface area (TPSA) is 67.6 Å². The van der Waals surface area contributed by atoms with Crippen LogP contribution in [0, 0.1) is 5.92 Å². The SMILES string of the molecule is CN(CC(=O)NN)CC1CCCOC1. The Balaban J connectivity index is 2.18. The van der Waals surface area contributed by atoms with Crippen molar-refractivity contribution in [3.05, 3.63) is 0 Å². The fourth-order valence-electron chi connectivity index (χ4n) is 1.75. The minimum absolute atomic E-state index is 0.149. The van der Waals surface area contributed by atoms with E-state index in [1.165, 1.54) is 6.42 Å². The Labute approximate surface area is 84.5 Å². The van der Waals surface area contributed by atoms with Crippen molar-refractivity contribution in [2.45, 2.75) is 12.8 Å². The molecule has 1 fully saturated rings. The van der Waals surface area contributed by atoms with Gasteiger partial charge in [-0.1, -0.05) is 0 Å². The van der Waals surface area contributed by atoms with Gasteiger partial charge in [-0.05, 0) is 25.8 Å². The zero-order valence-electron chi connectivity index (χ0n) is 8.66. The second-order valence-electron chi connectivity index (χ2n) is 3.85. The normalized spacial score (nSPS) is 22.4. The van der Waals surface area contributed by atoms with E-state index in [4.69, 9.17) is 10.6 Å². The predicted molar refractivity (Wildman–Crippen MR) is 53.4 cm³/mol. The molecule has 1 rings (SSSR count). The van der Waals surface area contributed by atoms with Crippen LogP contribution in [0.1, 0.15) is 12.8 Å². The van der Waals surface area contributed by atoms with Crippen molar-refractivity contribution in [3.8, 4) is 0 Å². The molecule has 1 saturated heterocycles. The van der Waals surface area contributed by atoms with Crippen molar-refractivity contribution in [2.75, 3.05) is 33.4 Å². The lowest BCUT2D eigenvalue weighted by Gasteiger charge is -2.26. The number of carbonyl (C=O) groups excluding carboxylic acids is 1. The van der Waals surface area contributed by atoms with Gasteiger partial charge in [0.25, 0.3) is 0 Å². The van der Waals surface area contributed by atoms with Crippen molar-refractivity contribution in [2.24, 2.45) is 11.8 Å². The molecule has 5 heteroatoms. The maximum absolute atomic E-state index is 11.0. The maximum atomic E-state index is 11.0. The molecular formula is C9H19N3O2. The van der Waals surface area contributed by atoms with Gasteiger partial charge in [-0.2, -0.15) is 0 Å². The van der Waals surface area contributed by atoms with Crippen LogP contribution in [0.15, 0.2) is 0 Å². The van der Waals surface area contributed by atoms with Gasteiger partial charge in [0.2, 0.25) is 5.91 Å². The van der Waals surface area contributed by atoms with Crippen LogP contribution in [0.5, 0.6) is 0 Å². The highest BCUT2D eigenvalue weighted by Crippen LogP contribution is 2.13. The van der Waals surface area contributed by atoms with Crippen molar-refractivity contribution in [1.82, 2.24) is 10.3 Å². The van der Waals surface area contributed by atoms with Crippen molar-refractivity contribution >= 4 is 5.91 Å². The van der Waals surface area contributed by atoms with Gasteiger partial charge in [-0.3, -0.25) is 15.1 Å². The predicted octanol–water partition coefficient (Wildman–Crippen LogP) is -0.665. The molecule has 1 amide bonds. The number of ether oxygens (including phenoxy) is 1. The van der Waals surface area contributed by atoms with Crippen LogP contribution in [0.2, 0.25) is 0 Å². The minimum Gasteiger partial charge on any atom is -0.381 e. The standard InChI is InChI=1S/C9H19N3O2/c1-12(6-9(13)11-10)5-8-3-2-4-14-7-8/h8H,2-7,10H2,1H3,(H,11,13). The molecule has 0 aromatic carbocycles. The number of nitrogens with one attached hydrogen (secondary N) is 1. The molecule has 0 saturated carbocycles. The van der Waals surface area contributed by atoms with Crippen molar-refractivity contribution in [1.29, 1.82) is 0 Å². The Hall–Kier alpha value is -0.650. The molecule has 14 heavy (non-hydrogen) atoms. The molecule has 0 aliphatic carbocycles. The lowest BCUT2D eigenvalue weighted by Crippen LogP contribution is -2.41. The van der Waals surface area contributed by atoms with Crippen LogP contribution in [-0.2, 0) is 9.53 Å². The Bertz CT molecular complexity index is 181. The van der Waals surface area contributed by atoms with E-state index in [9.17, 15) is 4.79 Å². The van der Waals surface area contributed by atoms with Crippen LogP contribution >= 0.6 is 0 Å². The maximum Gasteiger partial charge on any atom is 0.248 e. The van der Waals surface area contributed by atoms with Crippen LogP contribution in [0.3, 0.4) is 0 Å². The molecule has 1 heterocycles. The van der Waals surface area contributed by atoms with E-state index < -0.39 is 0 Å². The lowest BCUT2D eigenvalue weighted by molar-refractivity contribution is -0.122. The summed E-state index contributed by atoms with van der Waals surface area (Å²) in [5.41, 5.74) is 2.12. The third kappa shape index (κ3) is 4.04. The zero-order chi connectivity index (χ0) is 10.4. The zero-order valence-corrected chi connectivity index (χ0v) is 8.66.